The Labute approximate surface area is 124 Å². The molecule has 0 unspecified atom stereocenters. The molecule has 0 spiro atoms. The zero-order chi connectivity index (χ0) is 15.6. The number of hydrogen-bond acceptors (Lipinski definition) is 3. The van der Waals surface area contributed by atoms with Crippen LogP contribution in [0.4, 0.5) is 0 Å². The number of rotatable bonds is 4. The van der Waals surface area contributed by atoms with Crippen molar-refractivity contribution < 1.29 is 24.6 Å². The predicted octanol–water partition coefficient (Wildman–Crippen LogP) is 2.97. The summed E-state index contributed by atoms with van der Waals surface area (Å²) in [6, 6.07) is 9.20. The van der Waals surface area contributed by atoms with Crippen molar-refractivity contribution in [3.8, 4) is 0 Å². The number of carbonyl (C=O) groups excluding carboxylic acids is 1. The lowest BCUT2D eigenvalue weighted by Gasteiger charge is -2.07. The van der Waals surface area contributed by atoms with Gasteiger partial charge in [0.1, 0.15) is 0 Å². The summed E-state index contributed by atoms with van der Waals surface area (Å²) in [7, 11) is 0. The number of carbonyl (C=O) groups is 3. The summed E-state index contributed by atoms with van der Waals surface area (Å²) in [5, 5.41) is 18.5. The van der Waals surface area contributed by atoms with Crippen molar-refractivity contribution in [1.82, 2.24) is 0 Å². The van der Waals surface area contributed by atoms with Gasteiger partial charge in [-0.15, -0.1) is 0 Å². The number of hydrogen-bond donors (Lipinski definition) is 2. The molecule has 2 aromatic carbocycles. The molecule has 2 rings (SSSR count). The Morgan fingerprint density at radius 2 is 1.33 bits per heavy atom. The molecule has 0 aromatic heterocycles. The zero-order valence-corrected chi connectivity index (χ0v) is 11.3. The second-order valence-electron chi connectivity index (χ2n) is 4.21. The van der Waals surface area contributed by atoms with Gasteiger partial charge in [0, 0.05) is 16.1 Å². The first-order valence-electron chi connectivity index (χ1n) is 5.81. The van der Waals surface area contributed by atoms with E-state index in [9.17, 15) is 14.4 Å². The molecule has 0 fully saturated rings. The highest BCUT2D eigenvalue weighted by Gasteiger charge is 2.20. The predicted molar refractivity (Wildman–Crippen MR) is 75.2 cm³/mol. The van der Waals surface area contributed by atoms with Crippen LogP contribution in [-0.4, -0.2) is 27.9 Å². The van der Waals surface area contributed by atoms with E-state index in [1.165, 1.54) is 24.3 Å². The van der Waals surface area contributed by atoms with Crippen LogP contribution < -0.4 is 0 Å². The quantitative estimate of drug-likeness (QED) is 0.847. The van der Waals surface area contributed by atoms with E-state index in [1.54, 1.807) is 0 Å². The topological polar surface area (TPSA) is 91.7 Å². The number of carboxylic acid groups (broad SMARTS) is 2. The van der Waals surface area contributed by atoms with Gasteiger partial charge in [0.05, 0.1) is 11.1 Å². The number of ketones is 1. The molecule has 0 saturated heterocycles. The molecule has 0 aliphatic heterocycles. The largest absolute Gasteiger partial charge is 0.478 e. The van der Waals surface area contributed by atoms with E-state index in [0.717, 1.165) is 18.2 Å². The Morgan fingerprint density at radius 1 is 0.762 bits per heavy atom. The standard InChI is InChI=1S/C15H9ClO5/c16-10-4-1-8(2-5-10)13(17)12-7-9(14(18)19)3-6-11(12)15(20)21/h1-7H,(H,18,19)(H,20,21). The van der Waals surface area contributed by atoms with Crippen LogP contribution in [0.5, 0.6) is 0 Å². The maximum atomic E-state index is 12.4. The first-order valence-corrected chi connectivity index (χ1v) is 6.19. The van der Waals surface area contributed by atoms with Gasteiger partial charge in [-0.1, -0.05) is 11.6 Å². The minimum Gasteiger partial charge on any atom is -0.478 e. The highest BCUT2D eigenvalue weighted by atomic mass is 35.5. The van der Waals surface area contributed by atoms with Crippen molar-refractivity contribution in [1.29, 1.82) is 0 Å². The molecule has 2 N–H and O–H groups in total. The summed E-state index contributed by atoms with van der Waals surface area (Å²) in [6.07, 6.45) is 0. The minimum atomic E-state index is -1.30. The summed E-state index contributed by atoms with van der Waals surface area (Å²) in [5.74, 6) is -3.12. The average Bonchev–Trinajstić information content (AvgIpc) is 2.46. The molecular weight excluding hydrogens is 296 g/mol. The molecule has 0 radical (unpaired) electrons. The fourth-order valence-electron chi connectivity index (χ4n) is 1.81. The molecule has 0 bridgehead atoms. The van der Waals surface area contributed by atoms with Gasteiger partial charge in [0.2, 0.25) is 0 Å². The Hall–Kier alpha value is -2.66. The molecule has 2 aromatic rings. The lowest BCUT2D eigenvalue weighted by Crippen LogP contribution is -2.11. The van der Waals surface area contributed by atoms with Crippen molar-refractivity contribution >= 4 is 29.3 Å². The highest BCUT2D eigenvalue weighted by molar-refractivity contribution is 6.30. The van der Waals surface area contributed by atoms with E-state index >= 15 is 0 Å². The van der Waals surface area contributed by atoms with Crippen LogP contribution >= 0.6 is 11.6 Å². The van der Waals surface area contributed by atoms with Gasteiger partial charge in [-0.05, 0) is 42.5 Å². The lowest BCUT2D eigenvalue weighted by atomic mass is 9.96. The maximum absolute atomic E-state index is 12.4. The molecule has 106 valence electrons. The van der Waals surface area contributed by atoms with Gasteiger partial charge in [-0.2, -0.15) is 0 Å². The Morgan fingerprint density at radius 3 is 1.86 bits per heavy atom. The normalized spacial score (nSPS) is 10.1. The molecule has 0 amide bonds. The van der Waals surface area contributed by atoms with Crippen LogP contribution in [0.15, 0.2) is 42.5 Å². The van der Waals surface area contributed by atoms with Crippen molar-refractivity contribution in [2.24, 2.45) is 0 Å². The van der Waals surface area contributed by atoms with E-state index in [1.807, 2.05) is 0 Å². The third-order valence-corrected chi connectivity index (χ3v) is 3.10. The summed E-state index contributed by atoms with van der Waals surface area (Å²) in [6.45, 7) is 0. The van der Waals surface area contributed by atoms with Crippen molar-refractivity contribution in [3.05, 3.63) is 69.7 Å². The molecule has 21 heavy (non-hydrogen) atoms. The van der Waals surface area contributed by atoms with Gasteiger partial charge in [0.15, 0.2) is 5.78 Å². The SMILES string of the molecule is O=C(O)c1ccc(C(=O)O)c(C(=O)c2ccc(Cl)cc2)c1. The first-order chi connectivity index (χ1) is 9.90. The monoisotopic (exact) mass is 304 g/mol. The fourth-order valence-corrected chi connectivity index (χ4v) is 1.93. The molecule has 0 atom stereocenters. The lowest BCUT2D eigenvalue weighted by molar-refractivity contribution is 0.0679. The van der Waals surface area contributed by atoms with E-state index in [2.05, 4.69) is 0 Å². The Balaban J connectivity index is 2.56. The van der Waals surface area contributed by atoms with Crippen LogP contribution in [0.3, 0.4) is 0 Å². The summed E-state index contributed by atoms with van der Waals surface area (Å²) >= 11 is 5.73. The van der Waals surface area contributed by atoms with Crippen LogP contribution in [-0.2, 0) is 0 Å². The second kappa shape index (κ2) is 5.76. The maximum Gasteiger partial charge on any atom is 0.336 e. The number of aromatic carboxylic acids is 2. The van der Waals surface area contributed by atoms with Gasteiger partial charge in [-0.3, -0.25) is 4.79 Å². The van der Waals surface area contributed by atoms with Gasteiger partial charge in [-0.25, -0.2) is 9.59 Å². The Bertz CT molecular complexity index is 734. The highest BCUT2D eigenvalue weighted by Crippen LogP contribution is 2.19. The molecule has 5 nitrogen and oxygen atoms in total. The Kier molecular flexibility index (Phi) is 4.05. The summed E-state index contributed by atoms with van der Waals surface area (Å²) in [5.41, 5.74) is -0.355. The van der Waals surface area contributed by atoms with Crippen molar-refractivity contribution in [2.45, 2.75) is 0 Å². The number of carboxylic acids is 2. The van der Waals surface area contributed by atoms with Gasteiger partial charge in [0.25, 0.3) is 0 Å². The number of halogens is 1. The third kappa shape index (κ3) is 3.09. The summed E-state index contributed by atoms with van der Waals surface area (Å²) < 4.78 is 0. The van der Waals surface area contributed by atoms with Crippen molar-refractivity contribution in [3.63, 3.8) is 0 Å². The van der Waals surface area contributed by atoms with Crippen LogP contribution in [0.2, 0.25) is 5.02 Å². The first kappa shape index (κ1) is 14.7. The zero-order valence-electron chi connectivity index (χ0n) is 10.5. The van der Waals surface area contributed by atoms with E-state index in [0.29, 0.717) is 5.02 Å². The van der Waals surface area contributed by atoms with Gasteiger partial charge < -0.3 is 10.2 Å². The average molecular weight is 305 g/mol. The smallest absolute Gasteiger partial charge is 0.336 e. The van der Waals surface area contributed by atoms with Crippen LogP contribution in [0, 0.1) is 0 Å². The molecule has 6 heteroatoms. The van der Waals surface area contributed by atoms with Gasteiger partial charge >= 0.3 is 11.9 Å². The summed E-state index contributed by atoms with van der Waals surface area (Å²) in [4.78, 5) is 34.5. The molecular formula is C15H9ClO5. The van der Waals surface area contributed by atoms with E-state index in [4.69, 9.17) is 21.8 Å². The molecule has 0 saturated carbocycles. The second-order valence-corrected chi connectivity index (χ2v) is 4.64. The van der Waals surface area contributed by atoms with E-state index in [-0.39, 0.29) is 22.3 Å². The van der Waals surface area contributed by atoms with E-state index < -0.39 is 17.7 Å². The van der Waals surface area contributed by atoms with Crippen molar-refractivity contribution in [2.75, 3.05) is 0 Å². The molecule has 0 aliphatic carbocycles. The fraction of sp³-hybridized carbons (Fsp3) is 0. The third-order valence-electron chi connectivity index (χ3n) is 2.85. The minimum absolute atomic E-state index is 0.155. The molecule has 0 heterocycles. The number of benzene rings is 2. The van der Waals surface area contributed by atoms with Crippen LogP contribution in [0.1, 0.15) is 36.6 Å². The van der Waals surface area contributed by atoms with Crippen LogP contribution in [0.25, 0.3) is 0 Å². The molecule has 0 aliphatic rings.